The lowest BCUT2D eigenvalue weighted by molar-refractivity contribution is -0.00491. The molecule has 1 unspecified atom stereocenters. The second kappa shape index (κ2) is 6.26. The van der Waals surface area contributed by atoms with Gasteiger partial charge in [0.25, 0.3) is 0 Å². The van der Waals surface area contributed by atoms with E-state index >= 15 is 0 Å². The molecule has 0 amide bonds. The van der Waals surface area contributed by atoms with Gasteiger partial charge in [-0.2, -0.15) is 0 Å². The Labute approximate surface area is 98.8 Å². The maximum absolute atomic E-state index is 5.75. The van der Waals surface area contributed by atoms with Crippen molar-refractivity contribution >= 4 is 0 Å². The van der Waals surface area contributed by atoms with Crippen LogP contribution in [-0.4, -0.2) is 31.5 Å². The van der Waals surface area contributed by atoms with Crippen molar-refractivity contribution in [2.45, 2.75) is 52.2 Å². The number of rotatable bonds is 8. The second-order valence-corrected chi connectivity index (χ2v) is 4.71. The van der Waals surface area contributed by atoms with E-state index in [9.17, 15) is 0 Å². The van der Waals surface area contributed by atoms with E-state index < -0.39 is 0 Å². The van der Waals surface area contributed by atoms with Gasteiger partial charge in [-0.15, -0.1) is 0 Å². The van der Waals surface area contributed by atoms with Crippen LogP contribution in [0.2, 0.25) is 0 Å². The van der Waals surface area contributed by atoms with Crippen molar-refractivity contribution in [3.05, 3.63) is 11.8 Å². The van der Waals surface area contributed by atoms with Gasteiger partial charge in [0.1, 0.15) is 12.7 Å². The lowest BCUT2D eigenvalue weighted by atomic mass is 10.1. The number of ether oxygens (including phenoxy) is 3. The number of hydrogen-bond donors (Lipinski definition) is 0. The van der Waals surface area contributed by atoms with E-state index in [1.807, 2.05) is 6.08 Å². The first-order chi connectivity index (χ1) is 7.57. The fourth-order valence-corrected chi connectivity index (χ4v) is 1.13. The summed E-state index contributed by atoms with van der Waals surface area (Å²) < 4.78 is 16.5. The third kappa shape index (κ3) is 5.52. The Hall–Kier alpha value is -0.540. The largest absolute Gasteiger partial charge is 0.495 e. The third-order valence-electron chi connectivity index (χ3n) is 2.84. The Morgan fingerprint density at radius 1 is 1.44 bits per heavy atom. The molecule has 0 aromatic heterocycles. The molecule has 0 saturated carbocycles. The molecule has 0 aliphatic carbocycles. The summed E-state index contributed by atoms with van der Waals surface area (Å²) in [6.45, 7) is 10.6. The molecule has 94 valence electrons. The van der Waals surface area contributed by atoms with Crippen molar-refractivity contribution in [2.24, 2.45) is 0 Å². The third-order valence-corrected chi connectivity index (χ3v) is 2.84. The fourth-order valence-electron chi connectivity index (χ4n) is 1.13. The van der Waals surface area contributed by atoms with Crippen LogP contribution in [0.1, 0.15) is 40.5 Å². The summed E-state index contributed by atoms with van der Waals surface area (Å²) in [7, 11) is 0. The highest BCUT2D eigenvalue weighted by Crippen LogP contribution is 2.15. The molecule has 1 rings (SSSR count). The predicted octanol–water partition coefficient (Wildman–Crippen LogP) is 2.90. The van der Waals surface area contributed by atoms with Gasteiger partial charge in [-0.25, -0.2) is 0 Å². The molecule has 3 nitrogen and oxygen atoms in total. The van der Waals surface area contributed by atoms with E-state index in [0.717, 1.165) is 25.2 Å². The van der Waals surface area contributed by atoms with Crippen molar-refractivity contribution in [3.63, 3.8) is 0 Å². The summed E-state index contributed by atoms with van der Waals surface area (Å²) in [4.78, 5) is 0. The molecule has 0 N–H and O–H groups in total. The van der Waals surface area contributed by atoms with Gasteiger partial charge in [-0.05, 0) is 26.3 Å². The quantitative estimate of drug-likeness (QED) is 0.473. The van der Waals surface area contributed by atoms with Crippen LogP contribution in [0.3, 0.4) is 0 Å². The summed E-state index contributed by atoms with van der Waals surface area (Å²) >= 11 is 0. The Balaban J connectivity index is 2.22. The molecule has 1 fully saturated rings. The van der Waals surface area contributed by atoms with Crippen LogP contribution in [0.15, 0.2) is 11.8 Å². The van der Waals surface area contributed by atoms with E-state index in [1.165, 1.54) is 0 Å². The van der Waals surface area contributed by atoms with Crippen LogP contribution in [0.4, 0.5) is 0 Å². The molecule has 0 radical (unpaired) electrons. The molecular weight excluding hydrogens is 204 g/mol. The smallest absolute Gasteiger partial charge is 0.116 e. The molecule has 16 heavy (non-hydrogen) atoms. The molecule has 1 aliphatic heterocycles. The summed E-state index contributed by atoms with van der Waals surface area (Å²) in [5, 5.41) is 0. The highest BCUT2D eigenvalue weighted by Gasteiger charge is 2.23. The lowest BCUT2D eigenvalue weighted by Crippen LogP contribution is -2.23. The van der Waals surface area contributed by atoms with Gasteiger partial charge in [0.2, 0.25) is 0 Å². The number of allylic oxidation sites excluding steroid dienone is 1. The molecule has 1 saturated heterocycles. The van der Waals surface area contributed by atoms with Crippen LogP contribution >= 0.6 is 0 Å². The van der Waals surface area contributed by atoms with Gasteiger partial charge in [0.15, 0.2) is 0 Å². The highest BCUT2D eigenvalue weighted by molar-refractivity contribution is 4.93. The summed E-state index contributed by atoms with van der Waals surface area (Å²) in [5.74, 6) is 1.00. The molecule has 0 aromatic rings. The zero-order valence-electron chi connectivity index (χ0n) is 10.9. The van der Waals surface area contributed by atoms with Gasteiger partial charge < -0.3 is 14.2 Å². The molecule has 3 heteroatoms. The molecule has 0 spiro atoms. The summed E-state index contributed by atoms with van der Waals surface area (Å²) in [5.41, 5.74) is -0.0467. The first-order valence-electron chi connectivity index (χ1n) is 6.14. The Bertz CT molecular complexity index is 229. The van der Waals surface area contributed by atoms with Crippen LogP contribution in [-0.2, 0) is 14.2 Å². The molecule has 1 aliphatic rings. The zero-order valence-corrected chi connectivity index (χ0v) is 10.9. The fraction of sp³-hybridized carbons (Fsp3) is 0.846. The van der Waals surface area contributed by atoms with Crippen LogP contribution in [0, 0.1) is 0 Å². The standard InChI is InChI=1S/C13H24O3/c1-5-11(14-9-12-10-15-12)7-8-16-13(3,4)6-2/h7,12H,5-6,8-10H2,1-4H3/b11-7+. The van der Waals surface area contributed by atoms with Crippen molar-refractivity contribution in [1.29, 1.82) is 0 Å². The first-order valence-corrected chi connectivity index (χ1v) is 6.14. The van der Waals surface area contributed by atoms with E-state index in [0.29, 0.717) is 19.3 Å². The van der Waals surface area contributed by atoms with Gasteiger partial charge in [0, 0.05) is 6.42 Å². The maximum atomic E-state index is 5.75. The molecular formula is C13H24O3. The lowest BCUT2D eigenvalue weighted by Gasteiger charge is -2.22. The van der Waals surface area contributed by atoms with E-state index in [1.54, 1.807) is 0 Å². The summed E-state index contributed by atoms with van der Waals surface area (Å²) in [6, 6.07) is 0. The van der Waals surface area contributed by atoms with Crippen molar-refractivity contribution in [1.82, 2.24) is 0 Å². The zero-order chi connectivity index (χ0) is 12.0. The molecule has 1 atom stereocenters. The van der Waals surface area contributed by atoms with E-state index in [4.69, 9.17) is 14.2 Å². The topological polar surface area (TPSA) is 31.0 Å². The second-order valence-electron chi connectivity index (χ2n) is 4.71. The average Bonchev–Trinajstić information content (AvgIpc) is 3.07. The van der Waals surface area contributed by atoms with E-state index in [2.05, 4.69) is 27.7 Å². The van der Waals surface area contributed by atoms with Gasteiger partial charge in [0.05, 0.1) is 24.6 Å². The first kappa shape index (κ1) is 13.5. The number of epoxide rings is 1. The van der Waals surface area contributed by atoms with Crippen molar-refractivity contribution in [3.8, 4) is 0 Å². The normalized spacial score (nSPS) is 21.0. The monoisotopic (exact) mass is 228 g/mol. The Morgan fingerprint density at radius 2 is 2.12 bits per heavy atom. The minimum Gasteiger partial charge on any atom is -0.495 e. The van der Waals surface area contributed by atoms with Crippen molar-refractivity contribution < 1.29 is 14.2 Å². The predicted molar refractivity (Wildman–Crippen MR) is 64.4 cm³/mol. The minimum absolute atomic E-state index is 0.0467. The van der Waals surface area contributed by atoms with Gasteiger partial charge in [-0.3, -0.25) is 0 Å². The Morgan fingerprint density at radius 3 is 2.62 bits per heavy atom. The highest BCUT2D eigenvalue weighted by atomic mass is 16.6. The summed E-state index contributed by atoms with van der Waals surface area (Å²) in [6.07, 6.45) is 4.27. The Kier molecular flexibility index (Phi) is 5.29. The molecule has 1 heterocycles. The van der Waals surface area contributed by atoms with Crippen molar-refractivity contribution in [2.75, 3.05) is 19.8 Å². The molecule has 0 aromatic carbocycles. The van der Waals surface area contributed by atoms with Crippen LogP contribution in [0.25, 0.3) is 0 Å². The minimum atomic E-state index is -0.0467. The van der Waals surface area contributed by atoms with Gasteiger partial charge >= 0.3 is 0 Å². The maximum Gasteiger partial charge on any atom is 0.116 e. The SMILES string of the molecule is CC/C(=C\COC(C)(C)CC)OCC1CO1. The average molecular weight is 228 g/mol. The van der Waals surface area contributed by atoms with Gasteiger partial charge in [-0.1, -0.05) is 13.8 Å². The van der Waals surface area contributed by atoms with E-state index in [-0.39, 0.29) is 5.60 Å². The number of hydrogen-bond acceptors (Lipinski definition) is 3. The molecule has 0 bridgehead atoms. The van der Waals surface area contributed by atoms with Crippen LogP contribution < -0.4 is 0 Å². The van der Waals surface area contributed by atoms with Crippen LogP contribution in [0.5, 0.6) is 0 Å².